The Morgan fingerprint density at radius 3 is 2.81 bits per heavy atom. The first-order valence-corrected chi connectivity index (χ1v) is 10.6. The highest BCUT2D eigenvalue weighted by molar-refractivity contribution is 5.79. The first kappa shape index (κ1) is 21.1. The van der Waals surface area contributed by atoms with Gasteiger partial charge >= 0.3 is 0 Å². The zero-order valence-electron chi connectivity index (χ0n) is 18.4. The van der Waals surface area contributed by atoms with Crippen molar-refractivity contribution in [3.05, 3.63) is 59.5 Å². The van der Waals surface area contributed by atoms with Crippen LogP contribution in [0.1, 0.15) is 29.8 Å². The van der Waals surface area contributed by atoms with E-state index in [-0.39, 0.29) is 5.41 Å². The SMILES string of the molecule is CN=C(NCc1nnc2ccccn12)NCC1(c2cc(C)ccc2OC)CCOCC1. The van der Waals surface area contributed by atoms with Gasteiger partial charge < -0.3 is 20.1 Å². The van der Waals surface area contributed by atoms with Crippen LogP contribution in [0, 0.1) is 6.92 Å². The van der Waals surface area contributed by atoms with Gasteiger partial charge in [0.25, 0.3) is 0 Å². The molecule has 0 spiro atoms. The van der Waals surface area contributed by atoms with Crippen LogP contribution < -0.4 is 15.4 Å². The van der Waals surface area contributed by atoms with Crippen LogP contribution in [0.2, 0.25) is 0 Å². The molecule has 1 fully saturated rings. The van der Waals surface area contributed by atoms with Crippen LogP contribution in [0.25, 0.3) is 5.65 Å². The van der Waals surface area contributed by atoms with E-state index in [2.05, 4.69) is 50.9 Å². The van der Waals surface area contributed by atoms with Crippen molar-refractivity contribution in [2.45, 2.75) is 31.7 Å². The van der Waals surface area contributed by atoms with E-state index >= 15 is 0 Å². The largest absolute Gasteiger partial charge is 0.496 e. The van der Waals surface area contributed by atoms with Gasteiger partial charge in [0.1, 0.15) is 5.75 Å². The second-order valence-corrected chi connectivity index (χ2v) is 7.92. The molecule has 0 aliphatic carbocycles. The molecule has 0 bridgehead atoms. The highest BCUT2D eigenvalue weighted by atomic mass is 16.5. The van der Waals surface area contributed by atoms with Crippen LogP contribution in [0.15, 0.2) is 47.6 Å². The van der Waals surface area contributed by atoms with Crippen LogP contribution in [-0.2, 0) is 16.7 Å². The van der Waals surface area contributed by atoms with Gasteiger partial charge in [-0.25, -0.2) is 0 Å². The Morgan fingerprint density at radius 2 is 2.03 bits per heavy atom. The predicted molar refractivity (Wildman–Crippen MR) is 121 cm³/mol. The molecule has 164 valence electrons. The van der Waals surface area contributed by atoms with Crippen molar-refractivity contribution in [3.63, 3.8) is 0 Å². The number of pyridine rings is 1. The number of aliphatic imine (C=N–C) groups is 1. The lowest BCUT2D eigenvalue weighted by Gasteiger charge is -2.39. The van der Waals surface area contributed by atoms with Gasteiger partial charge in [-0.1, -0.05) is 23.8 Å². The van der Waals surface area contributed by atoms with E-state index in [1.807, 2.05) is 28.8 Å². The molecule has 2 N–H and O–H groups in total. The lowest BCUT2D eigenvalue weighted by molar-refractivity contribution is 0.0505. The number of benzene rings is 1. The first-order valence-electron chi connectivity index (χ1n) is 10.6. The van der Waals surface area contributed by atoms with Gasteiger partial charge in [0, 0.05) is 44.0 Å². The summed E-state index contributed by atoms with van der Waals surface area (Å²) in [5, 5.41) is 15.4. The molecule has 1 aromatic carbocycles. The number of fused-ring (bicyclic) bond motifs is 1. The molecule has 0 radical (unpaired) electrons. The molecular formula is C23H30N6O2. The van der Waals surface area contributed by atoms with Crippen molar-refractivity contribution in [2.75, 3.05) is 33.9 Å². The molecule has 0 saturated carbocycles. The smallest absolute Gasteiger partial charge is 0.191 e. The Hall–Kier alpha value is -3.13. The van der Waals surface area contributed by atoms with E-state index in [0.29, 0.717) is 6.54 Å². The highest BCUT2D eigenvalue weighted by Crippen LogP contribution is 2.40. The summed E-state index contributed by atoms with van der Waals surface area (Å²) in [7, 11) is 3.51. The number of ether oxygens (including phenoxy) is 2. The van der Waals surface area contributed by atoms with E-state index in [1.54, 1.807) is 14.2 Å². The number of methoxy groups -OCH3 is 1. The molecule has 8 heteroatoms. The Labute approximate surface area is 182 Å². The lowest BCUT2D eigenvalue weighted by atomic mass is 9.73. The van der Waals surface area contributed by atoms with E-state index in [1.165, 1.54) is 11.1 Å². The van der Waals surface area contributed by atoms with Crippen molar-refractivity contribution in [3.8, 4) is 5.75 Å². The van der Waals surface area contributed by atoms with Crippen LogP contribution in [0.4, 0.5) is 0 Å². The summed E-state index contributed by atoms with van der Waals surface area (Å²) < 4.78 is 13.4. The number of aryl methyl sites for hydroxylation is 1. The number of hydrogen-bond acceptors (Lipinski definition) is 5. The summed E-state index contributed by atoms with van der Waals surface area (Å²) in [6, 6.07) is 12.3. The van der Waals surface area contributed by atoms with Crippen molar-refractivity contribution >= 4 is 11.6 Å². The van der Waals surface area contributed by atoms with E-state index in [0.717, 1.165) is 55.8 Å². The minimum atomic E-state index is -0.0885. The van der Waals surface area contributed by atoms with Crippen molar-refractivity contribution < 1.29 is 9.47 Å². The molecule has 1 aliphatic rings. The third-order valence-corrected chi connectivity index (χ3v) is 5.99. The van der Waals surface area contributed by atoms with Crippen molar-refractivity contribution in [2.24, 2.45) is 4.99 Å². The number of hydrogen-bond donors (Lipinski definition) is 2. The second kappa shape index (κ2) is 9.34. The molecule has 3 aromatic rings. The van der Waals surface area contributed by atoms with E-state index < -0.39 is 0 Å². The highest BCUT2D eigenvalue weighted by Gasteiger charge is 2.37. The number of aromatic nitrogens is 3. The van der Waals surface area contributed by atoms with Gasteiger partial charge in [0.05, 0.1) is 13.7 Å². The fraction of sp³-hybridized carbons (Fsp3) is 0.435. The second-order valence-electron chi connectivity index (χ2n) is 7.92. The lowest BCUT2D eigenvalue weighted by Crippen LogP contribution is -2.48. The molecule has 1 aliphatic heterocycles. The Kier molecular flexibility index (Phi) is 6.36. The molecule has 0 amide bonds. The number of rotatable bonds is 6. The van der Waals surface area contributed by atoms with Gasteiger partial charge in [-0.3, -0.25) is 9.39 Å². The Bertz CT molecular complexity index is 1060. The molecule has 0 atom stereocenters. The molecule has 3 heterocycles. The normalized spacial score (nSPS) is 16.3. The van der Waals surface area contributed by atoms with Gasteiger partial charge in [-0.2, -0.15) is 0 Å². The summed E-state index contributed by atoms with van der Waals surface area (Å²) in [5.41, 5.74) is 3.19. The van der Waals surface area contributed by atoms with E-state index in [4.69, 9.17) is 9.47 Å². The quantitative estimate of drug-likeness (QED) is 0.469. The van der Waals surface area contributed by atoms with Gasteiger partial charge in [-0.15, -0.1) is 10.2 Å². The fourth-order valence-corrected chi connectivity index (χ4v) is 4.19. The molecule has 0 unspecified atom stereocenters. The summed E-state index contributed by atoms with van der Waals surface area (Å²) in [4.78, 5) is 4.41. The maximum absolute atomic E-state index is 5.72. The maximum atomic E-state index is 5.72. The van der Waals surface area contributed by atoms with Crippen LogP contribution in [0.3, 0.4) is 0 Å². The van der Waals surface area contributed by atoms with Crippen molar-refractivity contribution in [1.29, 1.82) is 0 Å². The average Bonchev–Trinajstić information content (AvgIpc) is 3.23. The van der Waals surface area contributed by atoms with Crippen LogP contribution >= 0.6 is 0 Å². The summed E-state index contributed by atoms with van der Waals surface area (Å²) in [6.07, 6.45) is 3.81. The van der Waals surface area contributed by atoms with E-state index in [9.17, 15) is 0 Å². The minimum Gasteiger partial charge on any atom is -0.496 e. The van der Waals surface area contributed by atoms with Crippen LogP contribution in [-0.4, -0.2) is 54.5 Å². The number of nitrogens with one attached hydrogen (secondary N) is 2. The third kappa shape index (κ3) is 4.49. The molecular weight excluding hydrogens is 392 g/mol. The fourth-order valence-electron chi connectivity index (χ4n) is 4.19. The molecule has 8 nitrogen and oxygen atoms in total. The average molecular weight is 423 g/mol. The maximum Gasteiger partial charge on any atom is 0.191 e. The summed E-state index contributed by atoms with van der Waals surface area (Å²) in [6.45, 7) is 4.84. The van der Waals surface area contributed by atoms with Gasteiger partial charge in [0.2, 0.25) is 0 Å². The van der Waals surface area contributed by atoms with Crippen molar-refractivity contribution in [1.82, 2.24) is 25.2 Å². The standard InChI is InChI=1S/C23H30N6O2/c1-17-7-8-19(30-3)18(14-17)23(9-12-31-13-10-23)16-26-22(24-2)25-15-21-28-27-20-6-4-5-11-29(20)21/h4-8,11,14H,9-10,12-13,15-16H2,1-3H3,(H2,24,25,26). The molecule has 4 rings (SSSR count). The number of guanidine groups is 1. The van der Waals surface area contributed by atoms with Gasteiger partial charge in [0.15, 0.2) is 17.4 Å². The minimum absolute atomic E-state index is 0.0885. The number of nitrogens with zero attached hydrogens (tertiary/aromatic N) is 4. The monoisotopic (exact) mass is 422 g/mol. The third-order valence-electron chi connectivity index (χ3n) is 5.99. The summed E-state index contributed by atoms with van der Waals surface area (Å²) >= 11 is 0. The predicted octanol–water partition coefficient (Wildman–Crippen LogP) is 2.46. The van der Waals surface area contributed by atoms with Gasteiger partial charge in [-0.05, 0) is 38.0 Å². The zero-order chi connectivity index (χ0) is 21.7. The molecule has 31 heavy (non-hydrogen) atoms. The van der Waals surface area contributed by atoms with Crippen LogP contribution in [0.5, 0.6) is 5.75 Å². The topological polar surface area (TPSA) is 85.1 Å². The summed E-state index contributed by atoms with van der Waals surface area (Å²) in [5.74, 6) is 2.48. The molecule has 2 aromatic heterocycles. The zero-order valence-corrected chi connectivity index (χ0v) is 18.4. The molecule has 1 saturated heterocycles. The Balaban J connectivity index is 1.49. The Morgan fingerprint density at radius 1 is 1.19 bits per heavy atom. The first-order chi connectivity index (χ1) is 15.1.